The number of rotatable bonds is 7. The van der Waals surface area contributed by atoms with Gasteiger partial charge in [0.1, 0.15) is 10.6 Å². The molecule has 0 unspecified atom stereocenters. The Bertz CT molecular complexity index is 852. The molecular weight excluding hydrogens is 346 g/mol. The van der Waals surface area contributed by atoms with E-state index in [4.69, 9.17) is 4.74 Å². The minimum atomic E-state index is -0.0847. The van der Waals surface area contributed by atoms with E-state index in [1.807, 2.05) is 60.3 Å². The second-order valence-electron chi connectivity index (χ2n) is 6.22. The minimum Gasteiger partial charge on any atom is -0.494 e. The molecule has 1 aromatic carbocycles. The van der Waals surface area contributed by atoms with Crippen LogP contribution in [-0.4, -0.2) is 22.1 Å². The Kier molecular flexibility index (Phi) is 5.73. The highest BCUT2D eigenvalue weighted by Gasteiger charge is 2.20. The molecule has 0 atom stereocenters. The van der Waals surface area contributed by atoms with Crippen molar-refractivity contribution in [3.05, 3.63) is 64.9 Å². The average molecular weight is 369 g/mol. The van der Waals surface area contributed by atoms with Gasteiger partial charge in [0, 0.05) is 18.9 Å². The van der Waals surface area contributed by atoms with Gasteiger partial charge in [-0.05, 0) is 42.7 Å². The summed E-state index contributed by atoms with van der Waals surface area (Å²) in [7, 11) is 0. The molecule has 6 heteroatoms. The van der Waals surface area contributed by atoms with Crippen LogP contribution in [0.5, 0.6) is 5.75 Å². The number of nitrogens with zero attached hydrogens (tertiary/aromatic N) is 2. The smallest absolute Gasteiger partial charge is 0.263 e. The Morgan fingerprint density at radius 3 is 2.54 bits per heavy atom. The summed E-state index contributed by atoms with van der Waals surface area (Å²) in [6.45, 7) is 7.18. The summed E-state index contributed by atoms with van der Waals surface area (Å²) < 4.78 is 7.37. The highest BCUT2D eigenvalue weighted by molar-refractivity contribution is 7.16. The number of hydrogen-bond acceptors (Lipinski definition) is 4. The van der Waals surface area contributed by atoms with Crippen molar-refractivity contribution in [2.45, 2.75) is 33.2 Å². The lowest BCUT2D eigenvalue weighted by molar-refractivity contribution is 0.0953. The van der Waals surface area contributed by atoms with E-state index in [0.717, 1.165) is 22.1 Å². The number of ether oxygens (including phenoxy) is 1. The lowest BCUT2D eigenvalue weighted by Gasteiger charge is -2.08. The van der Waals surface area contributed by atoms with Gasteiger partial charge in [0.05, 0.1) is 12.3 Å². The Morgan fingerprint density at radius 2 is 1.92 bits per heavy atom. The third-order valence-electron chi connectivity index (χ3n) is 3.91. The average Bonchev–Trinajstić information content (AvgIpc) is 3.30. The van der Waals surface area contributed by atoms with Gasteiger partial charge in [-0.2, -0.15) is 0 Å². The number of hydrogen-bond donors (Lipinski definition) is 1. The van der Waals surface area contributed by atoms with Crippen LogP contribution in [0.2, 0.25) is 0 Å². The summed E-state index contributed by atoms with van der Waals surface area (Å²) in [6.07, 6.45) is 3.87. The van der Waals surface area contributed by atoms with E-state index in [1.54, 1.807) is 0 Å². The molecule has 0 aliphatic heterocycles. The molecule has 0 fully saturated rings. The Labute approximate surface area is 157 Å². The van der Waals surface area contributed by atoms with Crippen LogP contribution in [0.3, 0.4) is 0 Å². The molecule has 2 aromatic heterocycles. The van der Waals surface area contributed by atoms with Crippen LogP contribution in [0.25, 0.3) is 5.13 Å². The van der Waals surface area contributed by atoms with Gasteiger partial charge in [-0.15, -0.1) is 0 Å². The van der Waals surface area contributed by atoms with Crippen LogP contribution in [0.4, 0.5) is 0 Å². The summed E-state index contributed by atoms with van der Waals surface area (Å²) in [5.41, 5.74) is 1.87. The van der Waals surface area contributed by atoms with Crippen LogP contribution in [-0.2, 0) is 6.54 Å². The summed E-state index contributed by atoms with van der Waals surface area (Å²) in [4.78, 5) is 18.1. The lowest BCUT2D eigenvalue weighted by Crippen LogP contribution is -2.23. The summed E-state index contributed by atoms with van der Waals surface area (Å²) in [5, 5.41) is 3.81. The van der Waals surface area contributed by atoms with Crippen molar-refractivity contribution >= 4 is 17.2 Å². The number of thiazole rings is 1. The molecule has 3 rings (SSSR count). The van der Waals surface area contributed by atoms with Gasteiger partial charge in [-0.25, -0.2) is 4.98 Å². The molecule has 3 aromatic rings. The maximum Gasteiger partial charge on any atom is 0.263 e. The summed E-state index contributed by atoms with van der Waals surface area (Å²) >= 11 is 1.42. The molecular formula is C20H23N3O2S. The van der Waals surface area contributed by atoms with Crippen LogP contribution < -0.4 is 10.1 Å². The molecule has 1 amide bonds. The predicted octanol–water partition coefficient (Wildman–Crippen LogP) is 4.39. The van der Waals surface area contributed by atoms with Gasteiger partial charge in [-0.3, -0.25) is 4.79 Å². The third kappa shape index (κ3) is 4.14. The molecule has 0 bridgehead atoms. The Morgan fingerprint density at radius 1 is 1.23 bits per heavy atom. The van der Waals surface area contributed by atoms with Gasteiger partial charge in [0.15, 0.2) is 5.13 Å². The zero-order valence-corrected chi connectivity index (χ0v) is 16.0. The maximum atomic E-state index is 12.7. The molecule has 1 N–H and O–H groups in total. The van der Waals surface area contributed by atoms with E-state index < -0.39 is 0 Å². The zero-order chi connectivity index (χ0) is 18.5. The summed E-state index contributed by atoms with van der Waals surface area (Å²) in [5.74, 6) is 0.934. The number of carbonyl (C=O) groups is 1. The highest BCUT2D eigenvalue weighted by Crippen LogP contribution is 2.27. The van der Waals surface area contributed by atoms with E-state index in [0.29, 0.717) is 18.0 Å². The number of nitrogens with one attached hydrogen (secondary N) is 1. The first-order valence-electron chi connectivity index (χ1n) is 8.72. The van der Waals surface area contributed by atoms with Crippen molar-refractivity contribution in [2.24, 2.45) is 0 Å². The van der Waals surface area contributed by atoms with E-state index in [-0.39, 0.29) is 11.8 Å². The molecule has 5 nitrogen and oxygen atoms in total. The SMILES string of the molecule is CCOc1ccc(CNC(=O)c2sc(-n3cccc3)nc2C(C)C)cc1. The quantitative estimate of drug-likeness (QED) is 0.672. The first-order valence-corrected chi connectivity index (χ1v) is 9.54. The Hall–Kier alpha value is -2.60. The van der Waals surface area contributed by atoms with Crippen LogP contribution >= 0.6 is 11.3 Å². The number of amides is 1. The molecule has 2 heterocycles. The van der Waals surface area contributed by atoms with Crippen molar-refractivity contribution in [1.29, 1.82) is 0 Å². The lowest BCUT2D eigenvalue weighted by atomic mass is 10.1. The predicted molar refractivity (Wildman–Crippen MR) is 104 cm³/mol. The minimum absolute atomic E-state index is 0.0847. The first-order chi connectivity index (χ1) is 12.6. The first kappa shape index (κ1) is 18.2. The van der Waals surface area contributed by atoms with Crippen molar-refractivity contribution in [3.63, 3.8) is 0 Å². The second-order valence-corrected chi connectivity index (χ2v) is 7.19. The van der Waals surface area contributed by atoms with Crippen molar-refractivity contribution < 1.29 is 9.53 Å². The zero-order valence-electron chi connectivity index (χ0n) is 15.2. The van der Waals surface area contributed by atoms with Gasteiger partial charge in [0.25, 0.3) is 5.91 Å². The molecule has 0 aliphatic rings. The molecule has 26 heavy (non-hydrogen) atoms. The van der Waals surface area contributed by atoms with Gasteiger partial charge in [0.2, 0.25) is 0 Å². The molecule has 0 saturated carbocycles. The van der Waals surface area contributed by atoms with Gasteiger partial charge in [-0.1, -0.05) is 37.3 Å². The van der Waals surface area contributed by atoms with Crippen LogP contribution in [0.1, 0.15) is 47.6 Å². The van der Waals surface area contributed by atoms with Crippen molar-refractivity contribution in [2.75, 3.05) is 6.61 Å². The molecule has 0 radical (unpaired) electrons. The number of benzene rings is 1. The van der Waals surface area contributed by atoms with Gasteiger partial charge < -0.3 is 14.6 Å². The molecule has 136 valence electrons. The molecule has 0 aliphatic carbocycles. The monoisotopic (exact) mass is 369 g/mol. The van der Waals surface area contributed by atoms with Crippen LogP contribution in [0, 0.1) is 0 Å². The fourth-order valence-corrected chi connectivity index (χ4v) is 3.68. The maximum absolute atomic E-state index is 12.7. The fourth-order valence-electron chi connectivity index (χ4n) is 2.58. The van der Waals surface area contributed by atoms with E-state index in [2.05, 4.69) is 24.1 Å². The van der Waals surface area contributed by atoms with Crippen LogP contribution in [0.15, 0.2) is 48.8 Å². The van der Waals surface area contributed by atoms with Gasteiger partial charge >= 0.3 is 0 Å². The third-order valence-corrected chi connectivity index (χ3v) is 4.99. The normalized spacial score (nSPS) is 10.9. The van der Waals surface area contributed by atoms with Crippen molar-refractivity contribution in [3.8, 4) is 10.9 Å². The molecule has 0 spiro atoms. The Balaban J connectivity index is 1.72. The second kappa shape index (κ2) is 8.19. The largest absolute Gasteiger partial charge is 0.494 e. The summed E-state index contributed by atoms with van der Waals surface area (Å²) in [6, 6.07) is 11.7. The number of carbonyl (C=O) groups excluding carboxylic acids is 1. The standard InChI is InChI=1S/C20H23N3O2S/c1-4-25-16-9-7-15(8-10-16)13-21-19(24)18-17(14(2)3)22-20(26-18)23-11-5-6-12-23/h5-12,14H,4,13H2,1-3H3,(H,21,24). The fraction of sp³-hybridized carbons (Fsp3) is 0.300. The highest BCUT2D eigenvalue weighted by atomic mass is 32.1. The topological polar surface area (TPSA) is 56.1 Å². The number of aromatic nitrogens is 2. The molecule has 0 saturated heterocycles. The van der Waals surface area contributed by atoms with E-state index >= 15 is 0 Å². The van der Waals surface area contributed by atoms with E-state index in [1.165, 1.54) is 11.3 Å². The van der Waals surface area contributed by atoms with Crippen molar-refractivity contribution in [1.82, 2.24) is 14.9 Å². The van der Waals surface area contributed by atoms with E-state index in [9.17, 15) is 4.79 Å².